The van der Waals surface area contributed by atoms with Crippen molar-refractivity contribution in [2.24, 2.45) is 23.2 Å². The standard InChI is InChI=1S/C32H43N3O6/c1-21(2)25-18-26-32(31(39)40-3,29(41-25)23-12-13-23)19-24(30(38)35(26)20-22-9-5-4-6-10-22)17-27(36)33-14-8-16-34-15-7-11-28(34)37/h4-6,9-10,18,21,23-25,29H,7-8,11-17,19-20H2,1-3H3,(H,33,36)/t24-,25+,29+,32+/m0/s1. The highest BCUT2D eigenvalue weighted by molar-refractivity contribution is 5.93. The maximum atomic E-state index is 14.2. The highest BCUT2D eigenvalue weighted by Gasteiger charge is 2.63. The van der Waals surface area contributed by atoms with Gasteiger partial charge < -0.3 is 24.6 Å². The van der Waals surface area contributed by atoms with Crippen molar-refractivity contribution in [3.05, 3.63) is 47.7 Å². The van der Waals surface area contributed by atoms with Crippen molar-refractivity contribution >= 4 is 23.7 Å². The molecule has 0 radical (unpaired) electrons. The lowest BCUT2D eigenvalue weighted by molar-refractivity contribution is -0.182. The van der Waals surface area contributed by atoms with Crippen molar-refractivity contribution in [2.75, 3.05) is 26.7 Å². The Hall–Kier alpha value is -3.20. The molecule has 1 aromatic rings. The van der Waals surface area contributed by atoms with Crippen molar-refractivity contribution in [2.45, 2.75) is 77.5 Å². The summed E-state index contributed by atoms with van der Waals surface area (Å²) in [6.07, 6.45) is 5.51. The maximum absolute atomic E-state index is 14.2. The Labute approximate surface area is 242 Å². The first kappa shape index (κ1) is 29.3. The molecule has 2 saturated heterocycles. The van der Waals surface area contributed by atoms with Gasteiger partial charge in [-0.1, -0.05) is 44.2 Å². The molecule has 3 heterocycles. The van der Waals surface area contributed by atoms with Gasteiger partial charge in [0.15, 0.2) is 0 Å². The van der Waals surface area contributed by atoms with Crippen LogP contribution in [0.25, 0.3) is 0 Å². The number of methoxy groups -OCH3 is 1. The average molecular weight is 566 g/mol. The van der Waals surface area contributed by atoms with Gasteiger partial charge in [-0.2, -0.15) is 0 Å². The fourth-order valence-electron chi connectivity index (χ4n) is 6.71. The van der Waals surface area contributed by atoms with Crippen molar-refractivity contribution in [1.29, 1.82) is 0 Å². The fourth-order valence-corrected chi connectivity index (χ4v) is 6.71. The lowest BCUT2D eigenvalue weighted by Crippen LogP contribution is -2.61. The van der Waals surface area contributed by atoms with Gasteiger partial charge in [0.25, 0.3) is 0 Å². The summed E-state index contributed by atoms with van der Waals surface area (Å²) in [5.74, 6) is -0.968. The number of piperidine rings is 1. The molecule has 222 valence electrons. The smallest absolute Gasteiger partial charge is 0.320 e. The minimum absolute atomic E-state index is 0.0240. The third kappa shape index (κ3) is 6.05. The number of amides is 3. The zero-order valence-corrected chi connectivity index (χ0v) is 24.5. The molecule has 5 rings (SSSR count). The summed E-state index contributed by atoms with van der Waals surface area (Å²) in [6, 6.07) is 9.72. The molecule has 4 atom stereocenters. The van der Waals surface area contributed by atoms with Crippen LogP contribution in [0.3, 0.4) is 0 Å². The van der Waals surface area contributed by atoms with Crippen molar-refractivity contribution in [3.63, 3.8) is 0 Å². The van der Waals surface area contributed by atoms with E-state index in [9.17, 15) is 19.2 Å². The number of nitrogens with zero attached hydrogens (tertiary/aromatic N) is 2. The summed E-state index contributed by atoms with van der Waals surface area (Å²) < 4.78 is 12.1. The third-order valence-corrected chi connectivity index (χ3v) is 9.01. The molecule has 3 fully saturated rings. The van der Waals surface area contributed by atoms with E-state index in [1.807, 2.05) is 41.3 Å². The predicted molar refractivity (Wildman–Crippen MR) is 152 cm³/mol. The van der Waals surface area contributed by atoms with E-state index < -0.39 is 23.4 Å². The van der Waals surface area contributed by atoms with Gasteiger partial charge in [0, 0.05) is 44.1 Å². The molecule has 1 N–H and O–H groups in total. The molecule has 0 spiro atoms. The van der Waals surface area contributed by atoms with Crippen LogP contribution in [0.4, 0.5) is 0 Å². The zero-order valence-electron chi connectivity index (χ0n) is 24.5. The van der Waals surface area contributed by atoms with Gasteiger partial charge in [0.1, 0.15) is 5.41 Å². The van der Waals surface area contributed by atoms with Crippen LogP contribution in [0.1, 0.15) is 64.4 Å². The molecule has 0 bridgehead atoms. The molecule has 4 aliphatic rings. The summed E-state index contributed by atoms with van der Waals surface area (Å²) in [5.41, 5.74) is 0.440. The highest BCUT2D eigenvalue weighted by Crippen LogP contribution is 2.56. The van der Waals surface area contributed by atoms with Gasteiger partial charge in [0.05, 0.1) is 25.9 Å². The summed E-state index contributed by atoms with van der Waals surface area (Å²) in [5, 5.41) is 2.94. The van der Waals surface area contributed by atoms with E-state index in [4.69, 9.17) is 9.47 Å². The largest absolute Gasteiger partial charge is 0.468 e. The highest BCUT2D eigenvalue weighted by atomic mass is 16.5. The van der Waals surface area contributed by atoms with Crippen molar-refractivity contribution in [3.8, 4) is 0 Å². The van der Waals surface area contributed by atoms with Crippen LogP contribution in [0, 0.1) is 23.2 Å². The molecule has 3 aliphatic heterocycles. The molecule has 0 unspecified atom stereocenters. The molecule has 41 heavy (non-hydrogen) atoms. The van der Waals surface area contributed by atoms with Gasteiger partial charge in [-0.15, -0.1) is 0 Å². The van der Waals surface area contributed by atoms with E-state index in [0.717, 1.165) is 31.4 Å². The molecule has 9 nitrogen and oxygen atoms in total. The number of hydrogen-bond donors (Lipinski definition) is 1. The summed E-state index contributed by atoms with van der Waals surface area (Å²) in [7, 11) is 1.39. The van der Waals surface area contributed by atoms with Crippen molar-refractivity contribution < 1.29 is 28.7 Å². The van der Waals surface area contributed by atoms with Crippen LogP contribution in [0.5, 0.6) is 0 Å². The minimum Gasteiger partial charge on any atom is -0.468 e. The predicted octanol–water partition coefficient (Wildman–Crippen LogP) is 3.43. The van der Waals surface area contributed by atoms with Gasteiger partial charge in [-0.3, -0.25) is 19.2 Å². The topological polar surface area (TPSA) is 105 Å². The molecular formula is C32H43N3O6. The Bertz CT molecular complexity index is 1180. The van der Waals surface area contributed by atoms with Crippen LogP contribution in [-0.4, -0.2) is 72.4 Å². The summed E-state index contributed by atoms with van der Waals surface area (Å²) >= 11 is 0. The Morgan fingerprint density at radius 1 is 1.17 bits per heavy atom. The number of hydrogen-bond acceptors (Lipinski definition) is 6. The van der Waals surface area contributed by atoms with Gasteiger partial charge in [-0.05, 0) is 55.6 Å². The second-order valence-electron chi connectivity index (χ2n) is 12.3. The third-order valence-electron chi connectivity index (χ3n) is 9.01. The van der Waals surface area contributed by atoms with E-state index in [2.05, 4.69) is 19.2 Å². The van der Waals surface area contributed by atoms with Crippen LogP contribution in [0.15, 0.2) is 42.1 Å². The van der Waals surface area contributed by atoms with Crippen molar-refractivity contribution in [1.82, 2.24) is 15.1 Å². The lowest BCUT2D eigenvalue weighted by atomic mass is 9.64. The van der Waals surface area contributed by atoms with E-state index in [1.54, 1.807) is 4.90 Å². The number of likely N-dealkylation sites (tertiary alicyclic amines) is 2. The maximum Gasteiger partial charge on any atom is 0.320 e. The number of carbonyl (C=O) groups is 4. The number of benzene rings is 1. The summed E-state index contributed by atoms with van der Waals surface area (Å²) in [4.78, 5) is 56.5. The van der Waals surface area contributed by atoms with Crippen LogP contribution < -0.4 is 5.32 Å². The van der Waals surface area contributed by atoms with Crippen LogP contribution in [-0.2, 0) is 35.2 Å². The first-order chi connectivity index (χ1) is 19.7. The normalized spacial score (nSPS) is 28.0. The molecular weight excluding hydrogens is 522 g/mol. The minimum atomic E-state index is -1.16. The Kier molecular flexibility index (Phi) is 8.82. The second-order valence-corrected chi connectivity index (χ2v) is 12.3. The SMILES string of the molecule is COC(=O)[C@]12C[C@H](CC(=O)NCCCN3CCCC3=O)C(=O)N(Cc3ccccc3)C1=C[C@H](C(C)C)O[C@@H]2C1CC1. The molecule has 1 saturated carbocycles. The number of ether oxygens (including phenoxy) is 2. The number of nitrogens with one attached hydrogen (secondary N) is 1. The Balaban J connectivity index is 1.41. The van der Waals surface area contributed by atoms with Gasteiger partial charge in [0.2, 0.25) is 17.7 Å². The van der Waals surface area contributed by atoms with E-state index in [1.165, 1.54) is 7.11 Å². The number of fused-ring (bicyclic) bond motifs is 1. The molecule has 1 aliphatic carbocycles. The Morgan fingerprint density at radius 2 is 1.93 bits per heavy atom. The van der Waals surface area contributed by atoms with E-state index in [-0.39, 0.29) is 48.5 Å². The molecule has 1 aromatic carbocycles. The van der Waals surface area contributed by atoms with Crippen LogP contribution >= 0.6 is 0 Å². The monoisotopic (exact) mass is 565 g/mol. The first-order valence-electron chi connectivity index (χ1n) is 15.1. The van der Waals surface area contributed by atoms with Gasteiger partial charge >= 0.3 is 5.97 Å². The number of rotatable bonds is 11. The quantitative estimate of drug-likeness (QED) is 0.326. The molecule has 9 heteroatoms. The Morgan fingerprint density at radius 3 is 2.56 bits per heavy atom. The molecule has 3 amide bonds. The summed E-state index contributed by atoms with van der Waals surface area (Å²) in [6.45, 7) is 6.27. The van der Waals surface area contributed by atoms with E-state index in [0.29, 0.717) is 38.2 Å². The zero-order chi connectivity index (χ0) is 29.1. The van der Waals surface area contributed by atoms with Gasteiger partial charge in [-0.25, -0.2) is 0 Å². The average Bonchev–Trinajstić information content (AvgIpc) is 3.73. The second kappa shape index (κ2) is 12.3. The fraction of sp³-hybridized carbons (Fsp3) is 0.625. The first-order valence-corrected chi connectivity index (χ1v) is 15.1. The van der Waals surface area contributed by atoms with E-state index >= 15 is 0 Å². The lowest BCUT2D eigenvalue weighted by Gasteiger charge is -2.53. The van der Waals surface area contributed by atoms with Crippen LogP contribution in [0.2, 0.25) is 0 Å². The number of carbonyl (C=O) groups excluding carboxylic acids is 4. The number of esters is 1. The molecule has 0 aromatic heterocycles.